The van der Waals surface area contributed by atoms with Gasteiger partial charge in [-0.05, 0) is 42.7 Å². The van der Waals surface area contributed by atoms with Crippen LogP contribution < -0.4 is 10.1 Å². The van der Waals surface area contributed by atoms with Gasteiger partial charge in [-0.2, -0.15) is 0 Å². The lowest BCUT2D eigenvalue weighted by atomic mass is 10.0. The van der Waals surface area contributed by atoms with E-state index in [1.807, 2.05) is 24.3 Å². The van der Waals surface area contributed by atoms with E-state index < -0.39 is 0 Å². The third-order valence-electron chi connectivity index (χ3n) is 3.69. The molecule has 1 aliphatic carbocycles. The fraction of sp³-hybridized carbons (Fsp3) is 0.250. The molecule has 0 atom stereocenters. The molecule has 1 N–H and O–H groups in total. The molecule has 0 unspecified atom stereocenters. The Morgan fingerprint density at radius 3 is 2.35 bits per heavy atom. The SMILES string of the molecule is COc1ccc(C2(NC(=O)c3ccncc3)CC2)cc1. The van der Waals surface area contributed by atoms with Gasteiger partial charge in [0.15, 0.2) is 0 Å². The van der Waals surface area contributed by atoms with Gasteiger partial charge in [-0.15, -0.1) is 0 Å². The highest BCUT2D eigenvalue weighted by molar-refractivity contribution is 5.94. The van der Waals surface area contributed by atoms with Crippen LogP contribution in [-0.2, 0) is 5.54 Å². The highest BCUT2D eigenvalue weighted by Gasteiger charge is 2.45. The van der Waals surface area contributed by atoms with Gasteiger partial charge in [0.1, 0.15) is 5.75 Å². The lowest BCUT2D eigenvalue weighted by molar-refractivity contribution is 0.0930. The Bertz CT molecular complexity index is 604. The lowest BCUT2D eigenvalue weighted by Gasteiger charge is -2.18. The predicted molar refractivity (Wildman–Crippen MR) is 75.6 cm³/mol. The maximum atomic E-state index is 12.2. The number of methoxy groups -OCH3 is 1. The van der Waals surface area contributed by atoms with E-state index in [2.05, 4.69) is 10.3 Å². The molecule has 4 nitrogen and oxygen atoms in total. The first-order valence-electron chi connectivity index (χ1n) is 6.61. The van der Waals surface area contributed by atoms with Gasteiger partial charge in [-0.25, -0.2) is 0 Å². The van der Waals surface area contributed by atoms with E-state index in [0.29, 0.717) is 5.56 Å². The Morgan fingerprint density at radius 1 is 1.15 bits per heavy atom. The topological polar surface area (TPSA) is 51.2 Å². The summed E-state index contributed by atoms with van der Waals surface area (Å²) in [6, 6.07) is 11.3. The Kier molecular flexibility index (Phi) is 3.14. The number of nitrogens with zero attached hydrogens (tertiary/aromatic N) is 1. The second-order valence-corrected chi connectivity index (χ2v) is 5.00. The van der Waals surface area contributed by atoms with Gasteiger partial charge in [0, 0.05) is 18.0 Å². The van der Waals surface area contributed by atoms with E-state index in [1.165, 1.54) is 0 Å². The third kappa shape index (κ3) is 2.37. The Hall–Kier alpha value is -2.36. The minimum atomic E-state index is -0.216. The second-order valence-electron chi connectivity index (χ2n) is 5.00. The van der Waals surface area contributed by atoms with Crippen LogP contribution in [0.1, 0.15) is 28.8 Å². The van der Waals surface area contributed by atoms with Gasteiger partial charge >= 0.3 is 0 Å². The molecule has 2 aromatic rings. The third-order valence-corrected chi connectivity index (χ3v) is 3.69. The average Bonchev–Trinajstić information content (AvgIpc) is 3.29. The first-order chi connectivity index (χ1) is 9.73. The number of pyridine rings is 1. The van der Waals surface area contributed by atoms with Crippen molar-refractivity contribution >= 4 is 5.91 Å². The lowest BCUT2D eigenvalue weighted by Crippen LogP contribution is -2.34. The molecule has 0 bridgehead atoms. The molecular formula is C16H16N2O2. The van der Waals surface area contributed by atoms with Crippen LogP contribution in [0.15, 0.2) is 48.8 Å². The number of nitrogens with one attached hydrogen (secondary N) is 1. The molecule has 1 heterocycles. The maximum absolute atomic E-state index is 12.2. The summed E-state index contributed by atoms with van der Waals surface area (Å²) in [7, 11) is 1.65. The number of carbonyl (C=O) groups is 1. The second kappa shape index (κ2) is 4.96. The predicted octanol–water partition coefficient (Wildman–Crippen LogP) is 2.51. The smallest absolute Gasteiger partial charge is 0.252 e. The normalized spacial score (nSPS) is 15.4. The summed E-state index contributed by atoms with van der Waals surface area (Å²) in [4.78, 5) is 16.2. The fourth-order valence-electron chi connectivity index (χ4n) is 2.31. The fourth-order valence-corrected chi connectivity index (χ4v) is 2.31. The maximum Gasteiger partial charge on any atom is 0.252 e. The van der Waals surface area contributed by atoms with Crippen molar-refractivity contribution in [2.24, 2.45) is 0 Å². The first-order valence-corrected chi connectivity index (χ1v) is 6.61. The van der Waals surface area contributed by atoms with Gasteiger partial charge in [-0.3, -0.25) is 9.78 Å². The molecule has 0 saturated heterocycles. The molecule has 0 aliphatic heterocycles. The van der Waals surface area contributed by atoms with Gasteiger partial charge in [-0.1, -0.05) is 12.1 Å². The van der Waals surface area contributed by atoms with E-state index in [0.717, 1.165) is 24.2 Å². The van der Waals surface area contributed by atoms with Crippen LogP contribution in [0.3, 0.4) is 0 Å². The van der Waals surface area contributed by atoms with Crippen molar-refractivity contribution in [2.75, 3.05) is 7.11 Å². The summed E-state index contributed by atoms with van der Waals surface area (Å²) >= 11 is 0. The number of aromatic nitrogens is 1. The zero-order valence-corrected chi connectivity index (χ0v) is 11.3. The molecule has 3 rings (SSSR count). The van der Waals surface area contributed by atoms with Gasteiger partial charge in [0.05, 0.1) is 12.6 Å². The van der Waals surface area contributed by atoms with Crippen molar-refractivity contribution in [3.05, 3.63) is 59.9 Å². The van der Waals surface area contributed by atoms with Gasteiger partial charge in [0.25, 0.3) is 5.91 Å². The van der Waals surface area contributed by atoms with E-state index in [4.69, 9.17) is 4.74 Å². The summed E-state index contributed by atoms with van der Waals surface area (Å²) in [5.74, 6) is 0.769. The summed E-state index contributed by atoms with van der Waals surface area (Å²) in [6.07, 6.45) is 5.19. The Labute approximate surface area is 117 Å². The Morgan fingerprint density at radius 2 is 1.80 bits per heavy atom. The highest BCUT2D eigenvalue weighted by Crippen LogP contribution is 2.45. The standard InChI is InChI=1S/C16H16N2O2/c1-20-14-4-2-13(3-5-14)16(8-9-16)18-15(19)12-6-10-17-11-7-12/h2-7,10-11H,8-9H2,1H3,(H,18,19). The summed E-state index contributed by atoms with van der Waals surface area (Å²) in [5.41, 5.74) is 1.55. The molecule has 20 heavy (non-hydrogen) atoms. The van der Waals surface area contributed by atoms with Crippen LogP contribution in [0.5, 0.6) is 5.75 Å². The van der Waals surface area contributed by atoms with Crippen molar-refractivity contribution in [2.45, 2.75) is 18.4 Å². The average molecular weight is 268 g/mol. The molecule has 102 valence electrons. The van der Waals surface area contributed by atoms with Crippen LogP contribution in [0.25, 0.3) is 0 Å². The number of ether oxygens (including phenoxy) is 1. The zero-order chi connectivity index (χ0) is 14.0. The van der Waals surface area contributed by atoms with Crippen molar-refractivity contribution in [3.63, 3.8) is 0 Å². The zero-order valence-electron chi connectivity index (χ0n) is 11.3. The number of carbonyl (C=O) groups excluding carboxylic acids is 1. The quantitative estimate of drug-likeness (QED) is 0.927. The molecule has 0 spiro atoms. The number of hydrogen-bond acceptors (Lipinski definition) is 3. The molecular weight excluding hydrogens is 252 g/mol. The van der Waals surface area contributed by atoms with Crippen LogP contribution >= 0.6 is 0 Å². The van der Waals surface area contributed by atoms with Gasteiger partial charge < -0.3 is 10.1 Å². The van der Waals surface area contributed by atoms with Crippen LogP contribution in [0.4, 0.5) is 0 Å². The van der Waals surface area contributed by atoms with E-state index >= 15 is 0 Å². The summed E-state index contributed by atoms with van der Waals surface area (Å²) in [5, 5.41) is 3.13. The molecule has 1 fully saturated rings. The molecule has 4 heteroatoms. The largest absolute Gasteiger partial charge is 0.497 e. The minimum Gasteiger partial charge on any atom is -0.497 e. The van der Waals surface area contributed by atoms with Crippen molar-refractivity contribution in [1.82, 2.24) is 10.3 Å². The van der Waals surface area contributed by atoms with Crippen LogP contribution in [0.2, 0.25) is 0 Å². The monoisotopic (exact) mass is 268 g/mol. The molecule has 1 amide bonds. The molecule has 1 aromatic carbocycles. The number of rotatable bonds is 4. The molecule has 0 radical (unpaired) electrons. The molecule has 1 aliphatic rings. The molecule has 1 saturated carbocycles. The van der Waals surface area contributed by atoms with Crippen molar-refractivity contribution in [3.8, 4) is 5.75 Å². The number of amides is 1. The minimum absolute atomic E-state index is 0.0549. The number of hydrogen-bond donors (Lipinski definition) is 1. The van der Waals surface area contributed by atoms with E-state index in [9.17, 15) is 4.79 Å². The van der Waals surface area contributed by atoms with Crippen LogP contribution in [0, 0.1) is 0 Å². The van der Waals surface area contributed by atoms with Gasteiger partial charge in [0.2, 0.25) is 0 Å². The van der Waals surface area contributed by atoms with Crippen LogP contribution in [-0.4, -0.2) is 18.0 Å². The van der Waals surface area contributed by atoms with E-state index in [-0.39, 0.29) is 11.4 Å². The molecule has 1 aromatic heterocycles. The van der Waals surface area contributed by atoms with Crippen molar-refractivity contribution in [1.29, 1.82) is 0 Å². The first kappa shape index (κ1) is 12.7. The van der Waals surface area contributed by atoms with E-state index in [1.54, 1.807) is 31.6 Å². The summed E-state index contributed by atoms with van der Waals surface area (Å²) in [6.45, 7) is 0. The Balaban J connectivity index is 1.77. The highest BCUT2D eigenvalue weighted by atomic mass is 16.5. The van der Waals surface area contributed by atoms with Crippen molar-refractivity contribution < 1.29 is 9.53 Å². The summed E-state index contributed by atoms with van der Waals surface area (Å²) < 4.78 is 5.16. The number of benzene rings is 1.